The lowest BCUT2D eigenvalue weighted by Crippen LogP contribution is -2.46. The highest BCUT2D eigenvalue weighted by Gasteiger charge is 2.20. The zero-order valence-electron chi connectivity index (χ0n) is 13.1. The van der Waals surface area contributed by atoms with Gasteiger partial charge in [0.25, 0.3) is 0 Å². The molecule has 0 bridgehead atoms. The summed E-state index contributed by atoms with van der Waals surface area (Å²) in [5.74, 6) is 1.67. The van der Waals surface area contributed by atoms with Gasteiger partial charge < -0.3 is 19.4 Å². The Kier molecular flexibility index (Phi) is 6.11. The first-order chi connectivity index (χ1) is 10.2. The van der Waals surface area contributed by atoms with Gasteiger partial charge in [0.2, 0.25) is 0 Å². The van der Waals surface area contributed by atoms with Crippen LogP contribution in [0.5, 0.6) is 0 Å². The minimum atomic E-state index is -0.0204. The highest BCUT2D eigenvalue weighted by molar-refractivity contribution is 5.74. The fourth-order valence-electron chi connectivity index (χ4n) is 2.72. The third-order valence-corrected chi connectivity index (χ3v) is 3.93. The van der Waals surface area contributed by atoms with Crippen LogP contribution in [0.1, 0.15) is 43.6 Å². The number of carbonyl (C=O) groups is 1. The van der Waals surface area contributed by atoms with Crippen LogP contribution in [0.15, 0.2) is 16.5 Å². The number of carbonyl (C=O) groups excluding carboxylic acids is 1. The highest BCUT2D eigenvalue weighted by atomic mass is 16.5. The molecule has 0 radical (unpaired) electrons. The molecule has 21 heavy (non-hydrogen) atoms. The number of methoxy groups -OCH3 is 1. The summed E-state index contributed by atoms with van der Waals surface area (Å²) in [5, 5.41) is 3.14. The van der Waals surface area contributed by atoms with E-state index in [0.29, 0.717) is 25.7 Å². The summed E-state index contributed by atoms with van der Waals surface area (Å²) in [7, 11) is 1.65. The third-order valence-electron chi connectivity index (χ3n) is 3.93. The number of nitrogens with one attached hydrogen (secondary N) is 1. The number of aryl methyl sites for hydroxylation is 1. The van der Waals surface area contributed by atoms with Crippen LogP contribution in [0.3, 0.4) is 0 Å². The summed E-state index contributed by atoms with van der Waals surface area (Å²) in [5.41, 5.74) is 0. The van der Waals surface area contributed by atoms with Gasteiger partial charge in [0.15, 0.2) is 0 Å². The molecule has 118 valence electrons. The molecule has 0 aliphatic heterocycles. The van der Waals surface area contributed by atoms with Gasteiger partial charge in [-0.1, -0.05) is 19.3 Å². The molecule has 1 aromatic heterocycles. The third kappa shape index (κ3) is 5.08. The summed E-state index contributed by atoms with van der Waals surface area (Å²) in [6, 6.07) is 4.13. The molecule has 0 saturated heterocycles. The van der Waals surface area contributed by atoms with E-state index in [4.69, 9.17) is 9.15 Å². The van der Waals surface area contributed by atoms with Gasteiger partial charge in [0.1, 0.15) is 11.5 Å². The van der Waals surface area contributed by atoms with Gasteiger partial charge in [-0.25, -0.2) is 4.79 Å². The first-order valence-electron chi connectivity index (χ1n) is 7.78. The molecular formula is C16H26N2O3. The molecule has 5 nitrogen and oxygen atoms in total. The van der Waals surface area contributed by atoms with E-state index in [2.05, 4.69) is 5.32 Å². The zero-order chi connectivity index (χ0) is 15.1. The standard InChI is InChI=1S/C16H26N2O3/c1-13-8-9-15(21-13)12-18(10-11-20-2)16(19)17-14-6-4-3-5-7-14/h8-9,14H,3-7,10-12H2,1-2H3,(H,17,19). The van der Waals surface area contributed by atoms with Gasteiger partial charge in [-0.3, -0.25) is 0 Å². The topological polar surface area (TPSA) is 54.7 Å². The van der Waals surface area contributed by atoms with E-state index in [-0.39, 0.29) is 6.03 Å². The number of nitrogens with zero attached hydrogens (tertiary/aromatic N) is 1. The molecule has 1 aliphatic carbocycles. The molecule has 1 N–H and O–H groups in total. The molecule has 1 aliphatic rings. The smallest absolute Gasteiger partial charge is 0.318 e. The van der Waals surface area contributed by atoms with E-state index in [9.17, 15) is 4.79 Å². The number of hydrogen-bond acceptors (Lipinski definition) is 3. The Bertz CT molecular complexity index is 438. The van der Waals surface area contributed by atoms with E-state index < -0.39 is 0 Å². The van der Waals surface area contributed by atoms with Crippen molar-refractivity contribution in [3.8, 4) is 0 Å². The molecule has 0 atom stereocenters. The highest BCUT2D eigenvalue weighted by Crippen LogP contribution is 2.18. The molecule has 2 rings (SSSR count). The SMILES string of the molecule is COCCN(Cc1ccc(C)o1)C(=O)NC1CCCCC1. The summed E-state index contributed by atoms with van der Waals surface area (Å²) in [4.78, 5) is 14.2. The normalized spacial score (nSPS) is 15.9. The van der Waals surface area contributed by atoms with Crippen molar-refractivity contribution in [3.05, 3.63) is 23.7 Å². The Morgan fingerprint density at radius 1 is 1.38 bits per heavy atom. The van der Waals surface area contributed by atoms with Gasteiger partial charge in [-0.2, -0.15) is 0 Å². The predicted octanol–water partition coefficient (Wildman–Crippen LogP) is 3.08. The Hall–Kier alpha value is -1.49. The number of furan rings is 1. The van der Waals surface area contributed by atoms with Gasteiger partial charge in [0.05, 0.1) is 13.2 Å². The van der Waals surface area contributed by atoms with E-state index >= 15 is 0 Å². The maximum Gasteiger partial charge on any atom is 0.318 e. The fraction of sp³-hybridized carbons (Fsp3) is 0.688. The molecule has 0 unspecified atom stereocenters. The largest absolute Gasteiger partial charge is 0.464 e. The maximum atomic E-state index is 12.4. The lowest BCUT2D eigenvalue weighted by molar-refractivity contribution is 0.139. The molecule has 5 heteroatoms. The molecule has 1 saturated carbocycles. The lowest BCUT2D eigenvalue weighted by atomic mass is 9.96. The maximum absolute atomic E-state index is 12.4. The molecule has 1 aromatic rings. The van der Waals surface area contributed by atoms with E-state index in [1.54, 1.807) is 12.0 Å². The van der Waals surface area contributed by atoms with Crippen molar-refractivity contribution in [2.75, 3.05) is 20.3 Å². The van der Waals surface area contributed by atoms with Crippen molar-refractivity contribution < 1.29 is 13.9 Å². The summed E-state index contributed by atoms with van der Waals surface area (Å²) in [6.07, 6.45) is 5.87. The van der Waals surface area contributed by atoms with Crippen molar-refractivity contribution in [1.29, 1.82) is 0 Å². The van der Waals surface area contributed by atoms with Crippen molar-refractivity contribution in [3.63, 3.8) is 0 Å². The number of amides is 2. The van der Waals surface area contributed by atoms with Crippen LogP contribution in [0.25, 0.3) is 0 Å². The Balaban J connectivity index is 1.91. The van der Waals surface area contributed by atoms with E-state index in [1.807, 2.05) is 19.1 Å². The van der Waals surface area contributed by atoms with Crippen molar-refractivity contribution >= 4 is 6.03 Å². The molecular weight excluding hydrogens is 268 g/mol. The average molecular weight is 294 g/mol. The first-order valence-corrected chi connectivity index (χ1v) is 7.78. The molecule has 0 spiro atoms. The second-order valence-electron chi connectivity index (χ2n) is 5.71. The lowest BCUT2D eigenvalue weighted by Gasteiger charge is -2.27. The predicted molar refractivity (Wildman–Crippen MR) is 81.1 cm³/mol. The first kappa shape index (κ1) is 15.9. The summed E-state index contributed by atoms with van der Waals surface area (Å²) >= 11 is 0. The van der Waals surface area contributed by atoms with Crippen LogP contribution in [-0.4, -0.2) is 37.2 Å². The molecule has 1 heterocycles. The fourth-order valence-corrected chi connectivity index (χ4v) is 2.72. The minimum absolute atomic E-state index is 0.0204. The quantitative estimate of drug-likeness (QED) is 0.877. The van der Waals surface area contributed by atoms with Gasteiger partial charge in [-0.05, 0) is 31.9 Å². The number of rotatable bonds is 6. The molecule has 2 amide bonds. The Labute approximate surface area is 126 Å². The summed E-state index contributed by atoms with van der Waals surface area (Å²) < 4.78 is 10.7. The van der Waals surface area contributed by atoms with Crippen molar-refractivity contribution in [1.82, 2.24) is 10.2 Å². The Morgan fingerprint density at radius 3 is 2.76 bits per heavy atom. The average Bonchev–Trinajstić information content (AvgIpc) is 2.89. The number of hydrogen-bond donors (Lipinski definition) is 1. The van der Waals surface area contributed by atoms with Crippen LogP contribution < -0.4 is 5.32 Å². The monoisotopic (exact) mass is 294 g/mol. The Morgan fingerprint density at radius 2 is 2.14 bits per heavy atom. The zero-order valence-corrected chi connectivity index (χ0v) is 13.1. The van der Waals surface area contributed by atoms with Crippen LogP contribution >= 0.6 is 0 Å². The van der Waals surface area contributed by atoms with Crippen molar-refractivity contribution in [2.24, 2.45) is 0 Å². The second-order valence-corrected chi connectivity index (χ2v) is 5.71. The van der Waals surface area contributed by atoms with Gasteiger partial charge in [0, 0.05) is 19.7 Å². The van der Waals surface area contributed by atoms with Gasteiger partial charge >= 0.3 is 6.03 Å². The van der Waals surface area contributed by atoms with Crippen LogP contribution in [0.4, 0.5) is 4.79 Å². The van der Waals surface area contributed by atoms with E-state index in [1.165, 1.54) is 19.3 Å². The van der Waals surface area contributed by atoms with Gasteiger partial charge in [-0.15, -0.1) is 0 Å². The van der Waals surface area contributed by atoms with Crippen molar-refractivity contribution in [2.45, 2.75) is 51.6 Å². The van der Waals surface area contributed by atoms with Crippen LogP contribution in [0.2, 0.25) is 0 Å². The van der Waals surface area contributed by atoms with Crippen LogP contribution in [-0.2, 0) is 11.3 Å². The van der Waals surface area contributed by atoms with Crippen LogP contribution in [0, 0.1) is 6.92 Å². The van der Waals surface area contributed by atoms with E-state index in [0.717, 1.165) is 24.4 Å². The number of urea groups is 1. The molecule has 1 fully saturated rings. The molecule has 0 aromatic carbocycles. The number of ether oxygens (including phenoxy) is 1. The summed E-state index contributed by atoms with van der Waals surface area (Å²) in [6.45, 7) is 3.48. The second kappa shape index (κ2) is 8.08. The minimum Gasteiger partial charge on any atom is -0.464 e.